The summed E-state index contributed by atoms with van der Waals surface area (Å²) in [4.78, 5) is 16.7. The van der Waals surface area contributed by atoms with Crippen molar-refractivity contribution in [3.63, 3.8) is 0 Å². The fraction of sp³-hybridized carbons (Fsp3) is 0.333. The van der Waals surface area contributed by atoms with Gasteiger partial charge in [-0.05, 0) is 30.9 Å². The van der Waals surface area contributed by atoms with E-state index < -0.39 is 0 Å². The van der Waals surface area contributed by atoms with Crippen LogP contribution >= 0.6 is 22.9 Å². The largest absolute Gasteiger partial charge is 0.296 e. The fourth-order valence-corrected chi connectivity index (χ4v) is 3.27. The molecule has 0 aliphatic heterocycles. The van der Waals surface area contributed by atoms with Crippen molar-refractivity contribution < 1.29 is 4.79 Å². The second kappa shape index (κ2) is 5.43. The van der Waals surface area contributed by atoms with Crippen LogP contribution in [0.5, 0.6) is 0 Å². The second-order valence-corrected chi connectivity index (χ2v) is 6.45. The van der Waals surface area contributed by atoms with Crippen LogP contribution in [0.3, 0.4) is 0 Å². The number of aldehydes is 1. The summed E-state index contributed by atoms with van der Waals surface area (Å²) in [6, 6.07) is 7.59. The van der Waals surface area contributed by atoms with Crippen LogP contribution in [0.25, 0.3) is 10.6 Å². The number of hydrogen-bond donors (Lipinski definition) is 0. The molecule has 0 atom stereocenters. The predicted octanol–water partition coefficient (Wildman–Crippen LogP) is 4.62. The highest BCUT2D eigenvalue weighted by atomic mass is 35.5. The van der Waals surface area contributed by atoms with Crippen molar-refractivity contribution in [3.8, 4) is 10.6 Å². The molecular formula is C15H14ClNOS. The summed E-state index contributed by atoms with van der Waals surface area (Å²) < 4.78 is 0. The Kier molecular flexibility index (Phi) is 3.67. The number of thiazole rings is 1. The molecule has 1 fully saturated rings. The molecule has 0 spiro atoms. The SMILES string of the molecule is O=Cc1nc(-c2ccc(Cl)cc2)sc1CCC1CC1. The van der Waals surface area contributed by atoms with E-state index in [1.165, 1.54) is 19.3 Å². The van der Waals surface area contributed by atoms with E-state index in [9.17, 15) is 4.79 Å². The third kappa shape index (κ3) is 3.04. The van der Waals surface area contributed by atoms with Crippen molar-refractivity contribution in [2.75, 3.05) is 0 Å². The molecule has 1 saturated carbocycles. The lowest BCUT2D eigenvalue weighted by molar-refractivity contribution is 0.111. The summed E-state index contributed by atoms with van der Waals surface area (Å²) in [6.07, 6.45) is 5.73. The van der Waals surface area contributed by atoms with Gasteiger partial charge in [0.1, 0.15) is 10.7 Å². The first-order chi connectivity index (χ1) is 9.26. The molecule has 0 unspecified atom stereocenters. The standard InChI is InChI=1S/C15H14ClNOS/c16-12-6-4-11(5-7-12)15-17-13(9-18)14(19-15)8-3-10-1-2-10/h4-7,9-10H,1-3,8H2. The number of carbonyl (C=O) groups is 1. The molecule has 0 saturated heterocycles. The zero-order valence-corrected chi connectivity index (χ0v) is 12.0. The number of nitrogens with zero attached hydrogens (tertiary/aromatic N) is 1. The monoisotopic (exact) mass is 291 g/mol. The minimum absolute atomic E-state index is 0.607. The molecule has 1 aliphatic carbocycles. The minimum Gasteiger partial charge on any atom is -0.296 e. The first kappa shape index (κ1) is 12.8. The molecule has 1 heterocycles. The van der Waals surface area contributed by atoms with E-state index in [1.54, 1.807) is 11.3 Å². The van der Waals surface area contributed by atoms with Gasteiger partial charge in [-0.15, -0.1) is 11.3 Å². The first-order valence-electron chi connectivity index (χ1n) is 6.47. The molecule has 1 aromatic carbocycles. The van der Waals surface area contributed by atoms with Gasteiger partial charge in [0, 0.05) is 15.5 Å². The Hall–Kier alpha value is -1.19. The van der Waals surface area contributed by atoms with Crippen LogP contribution in [0.2, 0.25) is 5.02 Å². The average Bonchev–Trinajstić information content (AvgIpc) is 3.16. The van der Waals surface area contributed by atoms with Crippen LogP contribution < -0.4 is 0 Å². The number of halogens is 1. The molecule has 1 aliphatic rings. The molecule has 0 N–H and O–H groups in total. The van der Waals surface area contributed by atoms with E-state index in [1.807, 2.05) is 24.3 Å². The fourth-order valence-electron chi connectivity index (χ4n) is 2.09. The third-order valence-corrected chi connectivity index (χ3v) is 4.84. The van der Waals surface area contributed by atoms with E-state index in [0.717, 1.165) is 34.1 Å². The predicted molar refractivity (Wildman–Crippen MR) is 79.0 cm³/mol. The molecule has 98 valence electrons. The van der Waals surface area contributed by atoms with Crippen LogP contribution in [0.15, 0.2) is 24.3 Å². The van der Waals surface area contributed by atoms with Crippen LogP contribution in [0.1, 0.15) is 34.6 Å². The van der Waals surface area contributed by atoms with Crippen LogP contribution in [-0.2, 0) is 6.42 Å². The maximum Gasteiger partial charge on any atom is 0.169 e. The molecule has 1 aromatic heterocycles. The Morgan fingerprint density at radius 1 is 1.32 bits per heavy atom. The normalized spacial score (nSPS) is 14.6. The number of rotatable bonds is 5. The van der Waals surface area contributed by atoms with Crippen LogP contribution in [0, 0.1) is 5.92 Å². The molecule has 3 rings (SSSR count). The topological polar surface area (TPSA) is 30.0 Å². The number of hydrogen-bond acceptors (Lipinski definition) is 3. The first-order valence-corrected chi connectivity index (χ1v) is 7.66. The van der Waals surface area contributed by atoms with Crippen LogP contribution in [-0.4, -0.2) is 11.3 Å². The summed E-state index contributed by atoms with van der Waals surface area (Å²) in [5.41, 5.74) is 1.63. The van der Waals surface area contributed by atoms with Crippen molar-refractivity contribution in [1.29, 1.82) is 0 Å². The lowest BCUT2D eigenvalue weighted by Crippen LogP contribution is -1.89. The number of benzene rings is 1. The zero-order valence-electron chi connectivity index (χ0n) is 10.4. The van der Waals surface area contributed by atoms with E-state index in [4.69, 9.17) is 11.6 Å². The smallest absolute Gasteiger partial charge is 0.169 e. The van der Waals surface area contributed by atoms with Crippen LogP contribution in [0.4, 0.5) is 0 Å². The van der Waals surface area contributed by atoms with Gasteiger partial charge in [0.2, 0.25) is 0 Å². The number of aryl methyl sites for hydroxylation is 1. The van der Waals surface area contributed by atoms with E-state index in [-0.39, 0.29) is 0 Å². The maximum absolute atomic E-state index is 11.1. The molecule has 0 amide bonds. The van der Waals surface area contributed by atoms with Gasteiger partial charge in [-0.2, -0.15) is 0 Å². The Morgan fingerprint density at radius 3 is 2.68 bits per heavy atom. The average molecular weight is 292 g/mol. The Labute approximate surface area is 121 Å². The van der Waals surface area contributed by atoms with Gasteiger partial charge in [0.15, 0.2) is 6.29 Å². The quantitative estimate of drug-likeness (QED) is 0.753. The van der Waals surface area contributed by atoms with Gasteiger partial charge in [-0.25, -0.2) is 4.98 Å². The summed E-state index contributed by atoms with van der Waals surface area (Å²) in [5.74, 6) is 0.876. The Balaban J connectivity index is 1.84. The molecule has 0 radical (unpaired) electrons. The highest BCUT2D eigenvalue weighted by Gasteiger charge is 2.22. The molecule has 0 bridgehead atoms. The molecule has 19 heavy (non-hydrogen) atoms. The Bertz CT molecular complexity index is 587. The summed E-state index contributed by atoms with van der Waals surface area (Å²) in [5, 5.41) is 1.62. The molecule has 2 aromatic rings. The van der Waals surface area contributed by atoms with Gasteiger partial charge < -0.3 is 0 Å². The molecular weight excluding hydrogens is 278 g/mol. The molecule has 2 nitrogen and oxygen atoms in total. The summed E-state index contributed by atoms with van der Waals surface area (Å²) in [6.45, 7) is 0. The van der Waals surface area contributed by atoms with E-state index in [2.05, 4.69) is 4.98 Å². The van der Waals surface area contributed by atoms with Crippen molar-refractivity contribution in [3.05, 3.63) is 39.9 Å². The van der Waals surface area contributed by atoms with Crippen molar-refractivity contribution in [1.82, 2.24) is 4.98 Å². The third-order valence-electron chi connectivity index (χ3n) is 3.41. The van der Waals surface area contributed by atoms with Gasteiger partial charge in [0.05, 0.1) is 0 Å². The lowest BCUT2D eigenvalue weighted by atomic mass is 10.2. The highest BCUT2D eigenvalue weighted by molar-refractivity contribution is 7.15. The summed E-state index contributed by atoms with van der Waals surface area (Å²) in [7, 11) is 0. The van der Waals surface area contributed by atoms with Gasteiger partial charge in [-0.3, -0.25) is 4.79 Å². The van der Waals surface area contributed by atoms with E-state index >= 15 is 0 Å². The Morgan fingerprint density at radius 2 is 2.05 bits per heavy atom. The van der Waals surface area contributed by atoms with Gasteiger partial charge >= 0.3 is 0 Å². The summed E-state index contributed by atoms with van der Waals surface area (Å²) >= 11 is 7.51. The lowest BCUT2D eigenvalue weighted by Gasteiger charge is -1.96. The van der Waals surface area contributed by atoms with Crippen molar-refractivity contribution in [2.24, 2.45) is 5.92 Å². The second-order valence-electron chi connectivity index (χ2n) is 4.93. The van der Waals surface area contributed by atoms with Gasteiger partial charge in [-0.1, -0.05) is 36.6 Å². The minimum atomic E-state index is 0.607. The molecule has 4 heteroatoms. The zero-order chi connectivity index (χ0) is 13.2. The highest BCUT2D eigenvalue weighted by Crippen LogP contribution is 2.36. The number of aromatic nitrogens is 1. The van der Waals surface area contributed by atoms with Crippen molar-refractivity contribution >= 4 is 29.2 Å². The van der Waals surface area contributed by atoms with E-state index in [0.29, 0.717) is 10.7 Å². The number of carbonyl (C=O) groups excluding carboxylic acids is 1. The van der Waals surface area contributed by atoms with Gasteiger partial charge in [0.25, 0.3) is 0 Å². The maximum atomic E-state index is 11.1. The van der Waals surface area contributed by atoms with Crippen molar-refractivity contribution in [2.45, 2.75) is 25.7 Å².